The van der Waals surface area contributed by atoms with E-state index in [4.69, 9.17) is 16.6 Å². The SMILES string of the molecule is NCCC(CC(N)=O)C(=O)O. The number of hydrogen-bond donors (Lipinski definition) is 3. The molecule has 0 aromatic heterocycles. The molecule has 1 atom stereocenters. The maximum atomic E-state index is 10.4. The van der Waals surface area contributed by atoms with E-state index in [1.54, 1.807) is 0 Å². The molecule has 0 aliphatic rings. The molecule has 0 aliphatic heterocycles. The van der Waals surface area contributed by atoms with Crippen molar-refractivity contribution in [2.45, 2.75) is 12.8 Å². The van der Waals surface area contributed by atoms with Crippen molar-refractivity contribution in [3.63, 3.8) is 0 Å². The van der Waals surface area contributed by atoms with Gasteiger partial charge < -0.3 is 16.6 Å². The lowest BCUT2D eigenvalue weighted by Gasteiger charge is -2.06. The molecule has 1 unspecified atom stereocenters. The first-order valence-electron chi connectivity index (χ1n) is 3.29. The highest BCUT2D eigenvalue weighted by Gasteiger charge is 2.18. The summed E-state index contributed by atoms with van der Waals surface area (Å²) < 4.78 is 0. The molecule has 0 saturated carbocycles. The second-order valence-electron chi connectivity index (χ2n) is 2.28. The number of carbonyl (C=O) groups is 2. The Balaban J connectivity index is 3.89. The Morgan fingerprint density at radius 2 is 2.00 bits per heavy atom. The lowest BCUT2D eigenvalue weighted by Crippen LogP contribution is -2.24. The number of carboxylic acid groups (broad SMARTS) is 1. The average molecular weight is 160 g/mol. The summed E-state index contributed by atoms with van der Waals surface area (Å²) in [5, 5.41) is 8.49. The summed E-state index contributed by atoms with van der Waals surface area (Å²) in [6.45, 7) is 0.254. The summed E-state index contributed by atoms with van der Waals surface area (Å²) in [5.41, 5.74) is 9.95. The lowest BCUT2D eigenvalue weighted by molar-refractivity contribution is -0.143. The molecule has 0 saturated heterocycles. The maximum Gasteiger partial charge on any atom is 0.307 e. The van der Waals surface area contributed by atoms with Crippen LogP contribution in [-0.2, 0) is 9.59 Å². The van der Waals surface area contributed by atoms with Crippen molar-refractivity contribution >= 4 is 11.9 Å². The summed E-state index contributed by atoms with van der Waals surface area (Å²) in [7, 11) is 0. The van der Waals surface area contributed by atoms with Crippen LogP contribution < -0.4 is 11.5 Å². The Morgan fingerprint density at radius 1 is 1.45 bits per heavy atom. The van der Waals surface area contributed by atoms with E-state index >= 15 is 0 Å². The Hall–Kier alpha value is -1.10. The van der Waals surface area contributed by atoms with E-state index in [0.717, 1.165) is 0 Å². The second kappa shape index (κ2) is 4.68. The van der Waals surface area contributed by atoms with Gasteiger partial charge in [0.1, 0.15) is 0 Å². The molecule has 0 radical (unpaired) electrons. The number of hydrogen-bond acceptors (Lipinski definition) is 3. The van der Waals surface area contributed by atoms with E-state index < -0.39 is 17.8 Å². The number of primary amides is 1. The van der Waals surface area contributed by atoms with Gasteiger partial charge in [-0.15, -0.1) is 0 Å². The summed E-state index contributed by atoms with van der Waals surface area (Å²) in [6.07, 6.45) is 0.158. The van der Waals surface area contributed by atoms with Crippen LogP contribution in [0.5, 0.6) is 0 Å². The summed E-state index contributed by atoms with van der Waals surface area (Å²) >= 11 is 0. The van der Waals surface area contributed by atoms with E-state index in [0.29, 0.717) is 0 Å². The molecule has 0 spiro atoms. The van der Waals surface area contributed by atoms with Crippen LogP contribution in [0.4, 0.5) is 0 Å². The fraction of sp³-hybridized carbons (Fsp3) is 0.667. The first-order valence-corrected chi connectivity index (χ1v) is 3.29. The van der Waals surface area contributed by atoms with Gasteiger partial charge in [0.15, 0.2) is 0 Å². The average Bonchev–Trinajstić information content (AvgIpc) is 1.86. The zero-order valence-electron chi connectivity index (χ0n) is 6.12. The normalized spacial score (nSPS) is 12.5. The third kappa shape index (κ3) is 4.32. The van der Waals surface area contributed by atoms with Gasteiger partial charge in [0.2, 0.25) is 5.91 Å². The minimum Gasteiger partial charge on any atom is -0.481 e. The van der Waals surface area contributed by atoms with Crippen LogP contribution in [0.2, 0.25) is 0 Å². The number of amides is 1. The molecule has 11 heavy (non-hydrogen) atoms. The minimum atomic E-state index is -1.02. The smallest absolute Gasteiger partial charge is 0.307 e. The Bertz CT molecular complexity index is 158. The van der Waals surface area contributed by atoms with Crippen LogP contribution in [0.3, 0.4) is 0 Å². The van der Waals surface area contributed by atoms with Gasteiger partial charge >= 0.3 is 5.97 Å². The molecular weight excluding hydrogens is 148 g/mol. The number of carboxylic acids is 1. The number of rotatable bonds is 5. The van der Waals surface area contributed by atoms with Gasteiger partial charge in [0.25, 0.3) is 0 Å². The van der Waals surface area contributed by atoms with Crippen LogP contribution in [0.1, 0.15) is 12.8 Å². The van der Waals surface area contributed by atoms with E-state index in [1.165, 1.54) is 0 Å². The molecule has 5 N–H and O–H groups in total. The van der Waals surface area contributed by atoms with Crippen molar-refractivity contribution in [3.8, 4) is 0 Å². The van der Waals surface area contributed by atoms with Gasteiger partial charge in [-0.05, 0) is 13.0 Å². The van der Waals surface area contributed by atoms with Crippen molar-refractivity contribution in [2.75, 3.05) is 6.54 Å². The molecule has 0 fully saturated rings. The molecule has 5 heteroatoms. The molecule has 0 aromatic rings. The number of aliphatic carboxylic acids is 1. The molecule has 0 heterocycles. The monoisotopic (exact) mass is 160 g/mol. The largest absolute Gasteiger partial charge is 0.481 e. The summed E-state index contributed by atoms with van der Waals surface area (Å²) in [4.78, 5) is 20.7. The molecule has 0 bridgehead atoms. The predicted molar refractivity (Wildman–Crippen MR) is 38.6 cm³/mol. The Labute approximate surface area is 64.4 Å². The quantitative estimate of drug-likeness (QED) is 0.475. The van der Waals surface area contributed by atoms with Gasteiger partial charge in [0.05, 0.1) is 5.92 Å². The van der Waals surface area contributed by atoms with Crippen LogP contribution in [0.25, 0.3) is 0 Å². The molecular formula is C6H12N2O3. The zero-order chi connectivity index (χ0) is 8.85. The van der Waals surface area contributed by atoms with E-state index in [9.17, 15) is 9.59 Å². The molecule has 0 aromatic carbocycles. The molecule has 0 aliphatic carbocycles. The van der Waals surface area contributed by atoms with E-state index in [-0.39, 0.29) is 19.4 Å². The predicted octanol–water partition coefficient (Wildman–Crippen LogP) is -1.09. The summed E-state index contributed by atoms with van der Waals surface area (Å²) in [6, 6.07) is 0. The third-order valence-electron chi connectivity index (χ3n) is 1.31. The third-order valence-corrected chi connectivity index (χ3v) is 1.31. The number of carbonyl (C=O) groups excluding carboxylic acids is 1. The maximum absolute atomic E-state index is 10.4. The first-order chi connectivity index (χ1) is 5.07. The molecule has 5 nitrogen and oxygen atoms in total. The standard InChI is InChI=1S/C6H12N2O3/c7-2-1-4(6(10)11)3-5(8)9/h4H,1-3,7H2,(H2,8,9)(H,10,11). The van der Waals surface area contributed by atoms with Crippen molar-refractivity contribution in [1.29, 1.82) is 0 Å². The fourth-order valence-electron chi connectivity index (χ4n) is 0.757. The summed E-state index contributed by atoms with van der Waals surface area (Å²) in [5.74, 6) is -2.35. The minimum absolute atomic E-state index is 0.132. The molecule has 1 amide bonds. The Morgan fingerprint density at radius 3 is 2.27 bits per heavy atom. The second-order valence-corrected chi connectivity index (χ2v) is 2.28. The van der Waals surface area contributed by atoms with Gasteiger partial charge in [-0.3, -0.25) is 9.59 Å². The first kappa shape index (κ1) is 9.90. The van der Waals surface area contributed by atoms with Gasteiger partial charge in [-0.25, -0.2) is 0 Å². The van der Waals surface area contributed by atoms with Crippen molar-refractivity contribution < 1.29 is 14.7 Å². The fourth-order valence-corrected chi connectivity index (χ4v) is 0.757. The van der Waals surface area contributed by atoms with Crippen molar-refractivity contribution in [2.24, 2.45) is 17.4 Å². The lowest BCUT2D eigenvalue weighted by atomic mass is 10.0. The van der Waals surface area contributed by atoms with Crippen LogP contribution in [0.15, 0.2) is 0 Å². The van der Waals surface area contributed by atoms with Crippen molar-refractivity contribution in [1.82, 2.24) is 0 Å². The van der Waals surface area contributed by atoms with Crippen LogP contribution >= 0.6 is 0 Å². The van der Waals surface area contributed by atoms with Crippen LogP contribution in [0, 0.1) is 5.92 Å². The highest BCUT2D eigenvalue weighted by molar-refractivity contribution is 5.80. The van der Waals surface area contributed by atoms with Gasteiger partial charge in [-0.2, -0.15) is 0 Å². The Kier molecular flexibility index (Phi) is 4.21. The molecule has 0 rings (SSSR count). The van der Waals surface area contributed by atoms with E-state index in [1.807, 2.05) is 0 Å². The number of nitrogens with two attached hydrogens (primary N) is 2. The van der Waals surface area contributed by atoms with Crippen LogP contribution in [-0.4, -0.2) is 23.5 Å². The molecule has 64 valence electrons. The highest BCUT2D eigenvalue weighted by Crippen LogP contribution is 2.06. The van der Waals surface area contributed by atoms with E-state index in [2.05, 4.69) is 0 Å². The highest BCUT2D eigenvalue weighted by atomic mass is 16.4. The van der Waals surface area contributed by atoms with Gasteiger partial charge in [-0.1, -0.05) is 0 Å². The topological polar surface area (TPSA) is 106 Å². The van der Waals surface area contributed by atoms with Gasteiger partial charge in [0, 0.05) is 6.42 Å². The zero-order valence-corrected chi connectivity index (χ0v) is 6.12. The van der Waals surface area contributed by atoms with Crippen molar-refractivity contribution in [3.05, 3.63) is 0 Å².